The molecule has 0 radical (unpaired) electrons. The van der Waals surface area contributed by atoms with E-state index in [2.05, 4.69) is 13.0 Å². The normalized spacial score (nSPS) is 19.3. The minimum absolute atomic E-state index is 0.0384. The molecular weight excluding hydrogens is 280 g/mol. The highest BCUT2D eigenvalue weighted by Crippen LogP contribution is 2.24. The maximum atomic E-state index is 12.7. The highest BCUT2D eigenvalue weighted by Gasteiger charge is 2.33. The third-order valence-electron chi connectivity index (χ3n) is 4.08. The van der Waals surface area contributed by atoms with Crippen molar-refractivity contribution in [1.82, 2.24) is 4.90 Å². The Labute approximate surface area is 131 Å². The Morgan fingerprint density at radius 3 is 2.68 bits per heavy atom. The van der Waals surface area contributed by atoms with Crippen LogP contribution in [0, 0.1) is 0 Å². The molecule has 2 rings (SSSR count). The number of ether oxygens (including phenoxy) is 1. The van der Waals surface area contributed by atoms with Crippen molar-refractivity contribution in [3.8, 4) is 0 Å². The highest BCUT2D eigenvalue weighted by atomic mass is 16.5. The van der Waals surface area contributed by atoms with E-state index in [1.54, 1.807) is 6.92 Å². The average Bonchev–Trinajstić information content (AvgIpc) is 2.52. The summed E-state index contributed by atoms with van der Waals surface area (Å²) in [5, 5.41) is 0. The highest BCUT2D eigenvalue weighted by molar-refractivity contribution is 5.98. The molecule has 0 saturated carbocycles. The zero-order chi connectivity index (χ0) is 16.1. The molecular formula is C17H24N2O3. The van der Waals surface area contributed by atoms with Crippen LogP contribution in [0.5, 0.6) is 0 Å². The Balaban J connectivity index is 2.11. The number of carbonyl (C=O) groups is 2. The molecule has 1 saturated heterocycles. The van der Waals surface area contributed by atoms with Crippen LogP contribution in [0.2, 0.25) is 0 Å². The molecule has 1 aromatic carbocycles. The first kappa shape index (κ1) is 16.5. The molecule has 1 aromatic rings. The summed E-state index contributed by atoms with van der Waals surface area (Å²) in [6.45, 7) is 7.52. The van der Waals surface area contributed by atoms with E-state index in [-0.39, 0.29) is 24.5 Å². The maximum absolute atomic E-state index is 12.7. The van der Waals surface area contributed by atoms with Crippen molar-refractivity contribution < 1.29 is 14.3 Å². The molecule has 0 N–H and O–H groups in total. The Bertz CT molecular complexity index is 544. The lowest BCUT2D eigenvalue weighted by atomic mass is 10.1. The van der Waals surface area contributed by atoms with Gasteiger partial charge < -0.3 is 9.64 Å². The van der Waals surface area contributed by atoms with E-state index < -0.39 is 0 Å². The Morgan fingerprint density at radius 1 is 1.27 bits per heavy atom. The predicted molar refractivity (Wildman–Crippen MR) is 85.8 cm³/mol. The van der Waals surface area contributed by atoms with Crippen LogP contribution >= 0.6 is 0 Å². The number of nitrogens with zero attached hydrogens (tertiary/aromatic N) is 2. The van der Waals surface area contributed by atoms with Crippen LogP contribution in [0.4, 0.5) is 5.69 Å². The van der Waals surface area contributed by atoms with Gasteiger partial charge in [0.15, 0.2) is 0 Å². The van der Waals surface area contributed by atoms with Gasteiger partial charge >= 0.3 is 5.97 Å². The molecule has 120 valence electrons. The summed E-state index contributed by atoms with van der Waals surface area (Å²) in [6.07, 6.45) is 0.890. The number of benzene rings is 1. The van der Waals surface area contributed by atoms with Crippen LogP contribution in [0.3, 0.4) is 0 Å². The minimum atomic E-state index is -0.317. The molecule has 0 bridgehead atoms. The fourth-order valence-corrected chi connectivity index (χ4v) is 2.81. The summed E-state index contributed by atoms with van der Waals surface area (Å²) >= 11 is 0. The molecule has 1 atom stereocenters. The van der Waals surface area contributed by atoms with Crippen LogP contribution in [0.1, 0.15) is 26.3 Å². The molecule has 0 unspecified atom stereocenters. The second-order valence-electron chi connectivity index (χ2n) is 5.42. The first-order valence-electron chi connectivity index (χ1n) is 7.87. The fourth-order valence-electron chi connectivity index (χ4n) is 2.81. The first-order chi connectivity index (χ1) is 10.6. The number of anilines is 1. The van der Waals surface area contributed by atoms with Crippen LogP contribution in [0.15, 0.2) is 24.3 Å². The summed E-state index contributed by atoms with van der Waals surface area (Å²) in [5.74, 6) is -0.235. The summed E-state index contributed by atoms with van der Waals surface area (Å²) in [6, 6.07) is 7.68. The Morgan fingerprint density at radius 2 is 2.00 bits per heavy atom. The van der Waals surface area contributed by atoms with Gasteiger partial charge in [-0.3, -0.25) is 14.5 Å². The van der Waals surface area contributed by atoms with Gasteiger partial charge in [-0.1, -0.05) is 25.1 Å². The van der Waals surface area contributed by atoms with Crippen molar-refractivity contribution in [1.29, 1.82) is 0 Å². The van der Waals surface area contributed by atoms with Crippen LogP contribution in [0.25, 0.3) is 0 Å². The largest absolute Gasteiger partial charge is 0.465 e. The predicted octanol–water partition coefficient (Wildman–Crippen LogP) is 1.85. The van der Waals surface area contributed by atoms with Crippen molar-refractivity contribution in [3.63, 3.8) is 0 Å². The number of carbonyl (C=O) groups excluding carboxylic acids is 2. The van der Waals surface area contributed by atoms with Crippen molar-refractivity contribution in [2.45, 2.75) is 33.2 Å². The number of rotatable bonds is 5. The van der Waals surface area contributed by atoms with Crippen molar-refractivity contribution in [3.05, 3.63) is 29.8 Å². The van der Waals surface area contributed by atoms with Gasteiger partial charge in [0.05, 0.1) is 19.2 Å². The molecule has 0 aromatic heterocycles. The van der Waals surface area contributed by atoms with E-state index in [0.29, 0.717) is 19.7 Å². The molecule has 0 aliphatic carbocycles. The van der Waals surface area contributed by atoms with Crippen LogP contribution in [-0.2, 0) is 20.7 Å². The summed E-state index contributed by atoms with van der Waals surface area (Å²) < 4.78 is 4.97. The van der Waals surface area contributed by atoms with E-state index in [1.807, 2.05) is 34.9 Å². The van der Waals surface area contributed by atoms with Crippen LogP contribution < -0.4 is 4.90 Å². The lowest BCUT2D eigenvalue weighted by Crippen LogP contribution is -2.57. The van der Waals surface area contributed by atoms with Crippen molar-refractivity contribution >= 4 is 17.6 Å². The quantitative estimate of drug-likeness (QED) is 0.779. The molecule has 5 nitrogen and oxygen atoms in total. The molecule has 1 heterocycles. The SMILES string of the molecule is CCOC(=O)CN1CCN(c2ccccc2CC)C(=O)[C@H]1C. The van der Waals surface area contributed by atoms with Gasteiger partial charge in [0, 0.05) is 18.8 Å². The van der Waals surface area contributed by atoms with Gasteiger partial charge in [-0.2, -0.15) is 0 Å². The maximum Gasteiger partial charge on any atom is 0.320 e. The standard InChI is InChI=1S/C17H24N2O3/c1-4-14-8-6-7-9-15(14)19-11-10-18(13(3)17(19)21)12-16(20)22-5-2/h6-9,13H,4-5,10-12H2,1-3H3/t13-/m1/s1. The molecule has 1 fully saturated rings. The van der Waals surface area contributed by atoms with E-state index >= 15 is 0 Å². The number of para-hydroxylation sites is 1. The third kappa shape index (κ3) is 3.47. The molecule has 0 spiro atoms. The molecule has 1 aliphatic heterocycles. The molecule has 22 heavy (non-hydrogen) atoms. The second kappa shape index (κ2) is 7.40. The number of hydrogen-bond donors (Lipinski definition) is 0. The minimum Gasteiger partial charge on any atom is -0.465 e. The molecule has 5 heteroatoms. The Kier molecular flexibility index (Phi) is 5.55. The third-order valence-corrected chi connectivity index (χ3v) is 4.08. The van der Waals surface area contributed by atoms with E-state index in [0.717, 1.165) is 12.1 Å². The van der Waals surface area contributed by atoms with Gasteiger partial charge in [-0.05, 0) is 31.9 Å². The van der Waals surface area contributed by atoms with E-state index in [4.69, 9.17) is 4.74 Å². The van der Waals surface area contributed by atoms with Gasteiger partial charge in [0.2, 0.25) is 5.91 Å². The summed E-state index contributed by atoms with van der Waals surface area (Å²) in [7, 11) is 0. The van der Waals surface area contributed by atoms with Crippen LogP contribution in [-0.4, -0.2) is 49.1 Å². The van der Waals surface area contributed by atoms with Gasteiger partial charge in [0.25, 0.3) is 0 Å². The molecule has 1 aliphatic rings. The number of aryl methyl sites for hydroxylation is 1. The number of esters is 1. The van der Waals surface area contributed by atoms with Gasteiger partial charge in [0.1, 0.15) is 0 Å². The topological polar surface area (TPSA) is 49.9 Å². The zero-order valence-electron chi connectivity index (χ0n) is 13.5. The lowest BCUT2D eigenvalue weighted by molar-refractivity contribution is -0.145. The first-order valence-corrected chi connectivity index (χ1v) is 7.87. The monoisotopic (exact) mass is 304 g/mol. The lowest BCUT2D eigenvalue weighted by Gasteiger charge is -2.39. The number of hydrogen-bond acceptors (Lipinski definition) is 4. The number of amides is 1. The fraction of sp³-hybridized carbons (Fsp3) is 0.529. The van der Waals surface area contributed by atoms with E-state index in [9.17, 15) is 9.59 Å². The average molecular weight is 304 g/mol. The van der Waals surface area contributed by atoms with Gasteiger partial charge in [-0.25, -0.2) is 0 Å². The van der Waals surface area contributed by atoms with Crippen molar-refractivity contribution in [2.75, 3.05) is 31.1 Å². The smallest absolute Gasteiger partial charge is 0.320 e. The zero-order valence-corrected chi connectivity index (χ0v) is 13.5. The van der Waals surface area contributed by atoms with E-state index in [1.165, 1.54) is 5.56 Å². The Hall–Kier alpha value is -1.88. The summed E-state index contributed by atoms with van der Waals surface area (Å²) in [5.41, 5.74) is 2.15. The van der Waals surface area contributed by atoms with Gasteiger partial charge in [-0.15, -0.1) is 0 Å². The second-order valence-corrected chi connectivity index (χ2v) is 5.42. The van der Waals surface area contributed by atoms with Crippen molar-refractivity contribution in [2.24, 2.45) is 0 Å². The summed E-state index contributed by atoms with van der Waals surface area (Å²) in [4.78, 5) is 28.0. The number of piperazine rings is 1. The molecule has 1 amide bonds.